The lowest BCUT2D eigenvalue weighted by Gasteiger charge is -2.35. The molecule has 1 aromatic heterocycles. The number of para-hydroxylation sites is 1. The summed E-state index contributed by atoms with van der Waals surface area (Å²) in [6.45, 7) is 5.11. The van der Waals surface area contributed by atoms with Crippen LogP contribution in [0.5, 0.6) is 0 Å². The van der Waals surface area contributed by atoms with Gasteiger partial charge in [-0.1, -0.05) is 23.4 Å². The van der Waals surface area contributed by atoms with Crippen molar-refractivity contribution in [2.45, 2.75) is 18.9 Å². The molecule has 2 aromatic rings. The van der Waals surface area contributed by atoms with E-state index >= 15 is 0 Å². The van der Waals surface area contributed by atoms with E-state index in [-0.39, 0.29) is 30.7 Å². The minimum absolute atomic E-state index is 0. The normalized spacial score (nSPS) is 17.8. The van der Waals surface area contributed by atoms with Gasteiger partial charge in [0, 0.05) is 31.9 Å². The first-order valence-corrected chi connectivity index (χ1v) is 9.03. The molecule has 1 N–H and O–H groups in total. The minimum atomic E-state index is -0.00658. The Labute approximate surface area is 171 Å². The predicted molar refractivity (Wildman–Crippen MR) is 110 cm³/mol. The Hall–Kier alpha value is -1.83. The lowest BCUT2D eigenvalue weighted by Crippen LogP contribution is -2.48. The molecular weight excluding hydrogens is 387 g/mol. The molecule has 2 aliphatic heterocycles. The van der Waals surface area contributed by atoms with E-state index in [1.807, 2.05) is 34.0 Å². The van der Waals surface area contributed by atoms with Crippen LogP contribution in [0.3, 0.4) is 0 Å². The second-order valence-electron chi connectivity index (χ2n) is 6.68. The first kappa shape index (κ1) is 21.5. The highest BCUT2D eigenvalue weighted by molar-refractivity contribution is 5.92. The van der Waals surface area contributed by atoms with E-state index in [4.69, 9.17) is 0 Å². The summed E-state index contributed by atoms with van der Waals surface area (Å²) in [4.78, 5) is 16.9. The van der Waals surface area contributed by atoms with Crippen molar-refractivity contribution in [1.82, 2.24) is 25.2 Å². The molecule has 1 aromatic carbocycles. The van der Waals surface area contributed by atoms with E-state index in [9.17, 15) is 4.79 Å². The van der Waals surface area contributed by atoms with E-state index in [0.717, 1.165) is 39.0 Å². The first-order chi connectivity index (χ1) is 12.3. The Kier molecular flexibility index (Phi) is 7.89. The monoisotopic (exact) mass is 412 g/mol. The Morgan fingerprint density at radius 1 is 1.00 bits per heavy atom. The highest BCUT2D eigenvalue weighted by Crippen LogP contribution is 2.19. The highest BCUT2D eigenvalue weighted by atomic mass is 35.5. The number of hydrogen-bond donors (Lipinski definition) is 1. The van der Waals surface area contributed by atoms with Gasteiger partial charge in [-0.15, -0.1) is 29.9 Å². The van der Waals surface area contributed by atoms with Gasteiger partial charge in [0.1, 0.15) is 0 Å². The van der Waals surface area contributed by atoms with E-state index < -0.39 is 0 Å². The number of piperidine rings is 1. The Morgan fingerprint density at radius 2 is 1.67 bits per heavy atom. The van der Waals surface area contributed by atoms with Crippen LogP contribution in [0.4, 0.5) is 5.69 Å². The molecule has 4 rings (SSSR count). The van der Waals surface area contributed by atoms with E-state index in [1.54, 1.807) is 0 Å². The average molecular weight is 413 g/mol. The second kappa shape index (κ2) is 9.92. The molecular formula is C18H26Cl2N6O. The number of carbonyl (C=O) groups excluding carboxylic acids is 1. The summed E-state index contributed by atoms with van der Waals surface area (Å²) in [7, 11) is 0. The fourth-order valence-corrected chi connectivity index (χ4v) is 3.59. The molecule has 2 saturated heterocycles. The number of anilines is 1. The summed E-state index contributed by atoms with van der Waals surface area (Å²) in [5, 5.41) is 11.7. The smallest absolute Gasteiger partial charge is 0.276 e. The van der Waals surface area contributed by atoms with Crippen LogP contribution >= 0.6 is 24.8 Å². The summed E-state index contributed by atoms with van der Waals surface area (Å²) >= 11 is 0. The van der Waals surface area contributed by atoms with Gasteiger partial charge in [-0.05, 0) is 38.1 Å². The third-order valence-corrected chi connectivity index (χ3v) is 5.10. The van der Waals surface area contributed by atoms with E-state index in [1.165, 1.54) is 5.69 Å². The Balaban J connectivity index is 0.00000131. The summed E-state index contributed by atoms with van der Waals surface area (Å²) in [5.41, 5.74) is 1.68. The number of benzene rings is 1. The summed E-state index contributed by atoms with van der Waals surface area (Å²) < 4.78 is 1.87. The van der Waals surface area contributed by atoms with Crippen LogP contribution in [0, 0.1) is 0 Å². The molecule has 0 saturated carbocycles. The third kappa shape index (κ3) is 4.91. The fourth-order valence-electron chi connectivity index (χ4n) is 3.59. The predicted octanol–water partition coefficient (Wildman–Crippen LogP) is 2.01. The van der Waals surface area contributed by atoms with Gasteiger partial charge in [-0.2, -0.15) is 0 Å². The topological polar surface area (TPSA) is 66.3 Å². The molecule has 2 fully saturated rings. The first-order valence-electron chi connectivity index (χ1n) is 9.03. The molecule has 2 aliphatic rings. The van der Waals surface area contributed by atoms with Crippen LogP contribution < -0.4 is 10.2 Å². The Morgan fingerprint density at radius 3 is 2.33 bits per heavy atom. The molecule has 148 valence electrons. The van der Waals surface area contributed by atoms with Crippen LogP contribution in [0.15, 0.2) is 36.5 Å². The molecule has 0 atom stereocenters. The van der Waals surface area contributed by atoms with E-state index in [2.05, 4.69) is 32.7 Å². The maximum Gasteiger partial charge on any atom is 0.276 e. The largest absolute Gasteiger partial charge is 0.368 e. The molecule has 27 heavy (non-hydrogen) atoms. The molecule has 0 radical (unpaired) electrons. The van der Waals surface area contributed by atoms with Gasteiger partial charge in [-0.3, -0.25) is 4.79 Å². The lowest BCUT2D eigenvalue weighted by atomic mass is 10.1. The van der Waals surface area contributed by atoms with Crippen molar-refractivity contribution in [2.75, 3.05) is 44.2 Å². The molecule has 9 heteroatoms. The number of nitrogens with zero attached hydrogens (tertiary/aromatic N) is 5. The highest BCUT2D eigenvalue weighted by Gasteiger charge is 2.25. The van der Waals surface area contributed by atoms with Crippen molar-refractivity contribution in [1.29, 1.82) is 0 Å². The number of aromatic nitrogens is 3. The molecule has 0 unspecified atom stereocenters. The standard InChI is InChI=1S/C18H24N6O.2ClH/c25-18(17-14-24(21-20-17)16-6-8-19-9-7-16)23-12-10-22(11-13-23)15-4-2-1-3-5-15;;/h1-5,14,16,19H,6-13H2;2*1H. The lowest BCUT2D eigenvalue weighted by molar-refractivity contribution is 0.0740. The van der Waals surface area contributed by atoms with Crippen molar-refractivity contribution >= 4 is 36.4 Å². The van der Waals surface area contributed by atoms with Gasteiger partial charge in [0.25, 0.3) is 5.91 Å². The van der Waals surface area contributed by atoms with Crippen molar-refractivity contribution in [3.05, 3.63) is 42.2 Å². The number of carbonyl (C=O) groups is 1. The second-order valence-corrected chi connectivity index (χ2v) is 6.68. The SMILES string of the molecule is Cl.Cl.O=C(c1cn(C2CCNCC2)nn1)N1CCN(c2ccccc2)CC1. The molecule has 1 amide bonds. The molecule has 0 bridgehead atoms. The van der Waals surface area contributed by atoms with Crippen molar-refractivity contribution in [3.8, 4) is 0 Å². The van der Waals surface area contributed by atoms with Crippen LogP contribution in [0.2, 0.25) is 0 Å². The summed E-state index contributed by atoms with van der Waals surface area (Å²) in [6, 6.07) is 10.7. The van der Waals surface area contributed by atoms with Gasteiger partial charge >= 0.3 is 0 Å². The zero-order chi connectivity index (χ0) is 17.1. The number of halogens is 2. The van der Waals surface area contributed by atoms with Gasteiger partial charge < -0.3 is 15.1 Å². The van der Waals surface area contributed by atoms with Gasteiger partial charge in [0.15, 0.2) is 5.69 Å². The fraction of sp³-hybridized carbons (Fsp3) is 0.500. The number of piperazine rings is 1. The molecule has 0 aliphatic carbocycles. The van der Waals surface area contributed by atoms with E-state index in [0.29, 0.717) is 24.8 Å². The number of nitrogens with one attached hydrogen (secondary N) is 1. The van der Waals surface area contributed by atoms with Crippen molar-refractivity contribution in [2.24, 2.45) is 0 Å². The third-order valence-electron chi connectivity index (χ3n) is 5.10. The zero-order valence-corrected chi connectivity index (χ0v) is 16.8. The van der Waals surface area contributed by atoms with Crippen molar-refractivity contribution < 1.29 is 4.79 Å². The number of hydrogen-bond acceptors (Lipinski definition) is 5. The maximum atomic E-state index is 12.7. The quantitative estimate of drug-likeness (QED) is 0.834. The number of amides is 1. The zero-order valence-electron chi connectivity index (χ0n) is 15.2. The number of rotatable bonds is 3. The van der Waals surface area contributed by atoms with Gasteiger partial charge in [0.2, 0.25) is 0 Å². The van der Waals surface area contributed by atoms with Crippen LogP contribution in [0.25, 0.3) is 0 Å². The van der Waals surface area contributed by atoms with Crippen LogP contribution in [0.1, 0.15) is 29.4 Å². The maximum absolute atomic E-state index is 12.7. The molecule has 7 nitrogen and oxygen atoms in total. The average Bonchev–Trinajstić information content (AvgIpc) is 3.19. The minimum Gasteiger partial charge on any atom is -0.368 e. The molecule has 0 spiro atoms. The van der Waals surface area contributed by atoms with Crippen LogP contribution in [-0.2, 0) is 0 Å². The van der Waals surface area contributed by atoms with Crippen molar-refractivity contribution in [3.63, 3.8) is 0 Å². The van der Waals surface area contributed by atoms with Gasteiger partial charge in [-0.25, -0.2) is 4.68 Å². The Bertz CT molecular complexity index is 712. The molecule has 3 heterocycles. The van der Waals surface area contributed by atoms with Gasteiger partial charge in [0.05, 0.1) is 12.2 Å². The summed E-state index contributed by atoms with van der Waals surface area (Å²) in [5.74, 6) is -0.00658. The summed E-state index contributed by atoms with van der Waals surface area (Å²) in [6.07, 6.45) is 3.89. The van der Waals surface area contributed by atoms with Crippen LogP contribution in [-0.4, -0.2) is 65.1 Å².